The summed E-state index contributed by atoms with van der Waals surface area (Å²) in [5.41, 5.74) is 0. The van der Waals surface area contributed by atoms with E-state index in [9.17, 15) is 0 Å². The molecule has 2 rings (SSSR count). The zero-order chi connectivity index (χ0) is 9.80. The van der Waals surface area contributed by atoms with Gasteiger partial charge in [-0.15, -0.1) is 0 Å². The summed E-state index contributed by atoms with van der Waals surface area (Å²) < 4.78 is 0. The summed E-state index contributed by atoms with van der Waals surface area (Å²) in [4.78, 5) is 2.73. The molecule has 0 aromatic carbocycles. The maximum Gasteiger partial charge on any atom is 0.0218 e. The lowest BCUT2D eigenvalue weighted by Gasteiger charge is -2.37. The topological polar surface area (TPSA) is 15.3 Å². The van der Waals surface area contributed by atoms with Crippen LogP contribution in [0.4, 0.5) is 0 Å². The van der Waals surface area contributed by atoms with Gasteiger partial charge in [-0.1, -0.05) is 19.8 Å². The lowest BCUT2D eigenvalue weighted by atomic mass is 10.0. The molecule has 0 bridgehead atoms. The van der Waals surface area contributed by atoms with Gasteiger partial charge in [-0.2, -0.15) is 0 Å². The Morgan fingerprint density at radius 1 is 1.29 bits per heavy atom. The first kappa shape index (κ1) is 10.4. The molecule has 0 radical (unpaired) electrons. The largest absolute Gasteiger partial charge is 0.314 e. The van der Waals surface area contributed by atoms with Gasteiger partial charge in [0.2, 0.25) is 0 Å². The Labute approximate surface area is 88.1 Å². The monoisotopic (exact) mass is 196 g/mol. The minimum absolute atomic E-state index is 0.810. The fourth-order valence-electron chi connectivity index (χ4n) is 2.97. The third-order valence-corrected chi connectivity index (χ3v) is 3.91. The number of nitrogens with zero attached hydrogens (tertiary/aromatic N) is 1. The molecule has 2 heteroatoms. The Kier molecular flexibility index (Phi) is 3.82. The van der Waals surface area contributed by atoms with Gasteiger partial charge in [0.15, 0.2) is 0 Å². The zero-order valence-corrected chi connectivity index (χ0v) is 9.47. The minimum atomic E-state index is 0.810. The normalized spacial score (nSPS) is 31.1. The lowest BCUT2D eigenvalue weighted by Crippen LogP contribution is -2.52. The van der Waals surface area contributed by atoms with Crippen molar-refractivity contribution < 1.29 is 0 Å². The first-order valence-corrected chi connectivity index (χ1v) is 6.35. The van der Waals surface area contributed by atoms with E-state index in [0.29, 0.717) is 0 Å². The molecule has 1 aliphatic carbocycles. The molecule has 1 N–H and O–H groups in total. The highest BCUT2D eigenvalue weighted by molar-refractivity contribution is 4.81. The van der Waals surface area contributed by atoms with Crippen molar-refractivity contribution in [3.8, 4) is 0 Å². The lowest BCUT2D eigenvalue weighted by molar-refractivity contribution is 0.134. The number of rotatable bonds is 3. The van der Waals surface area contributed by atoms with Gasteiger partial charge in [0.05, 0.1) is 0 Å². The Morgan fingerprint density at radius 3 is 2.79 bits per heavy atom. The average Bonchev–Trinajstić information content (AvgIpc) is 2.71. The number of hydrogen-bond donors (Lipinski definition) is 1. The molecule has 14 heavy (non-hydrogen) atoms. The molecular weight excluding hydrogens is 172 g/mol. The van der Waals surface area contributed by atoms with Crippen molar-refractivity contribution in [2.45, 2.75) is 45.1 Å². The average molecular weight is 196 g/mol. The Morgan fingerprint density at radius 2 is 2.07 bits per heavy atom. The van der Waals surface area contributed by atoms with Crippen LogP contribution in [-0.2, 0) is 0 Å². The highest BCUT2D eigenvalue weighted by Crippen LogP contribution is 2.26. The van der Waals surface area contributed by atoms with E-state index >= 15 is 0 Å². The van der Waals surface area contributed by atoms with Crippen molar-refractivity contribution in [1.82, 2.24) is 10.2 Å². The molecule has 1 unspecified atom stereocenters. The van der Waals surface area contributed by atoms with Crippen molar-refractivity contribution >= 4 is 0 Å². The van der Waals surface area contributed by atoms with Crippen LogP contribution in [0.15, 0.2) is 0 Å². The number of hydrogen-bond acceptors (Lipinski definition) is 2. The van der Waals surface area contributed by atoms with Crippen LogP contribution in [0.5, 0.6) is 0 Å². The predicted molar refractivity (Wildman–Crippen MR) is 60.5 cm³/mol. The molecule has 1 heterocycles. The van der Waals surface area contributed by atoms with Crippen molar-refractivity contribution in [2.24, 2.45) is 5.92 Å². The maximum absolute atomic E-state index is 3.50. The predicted octanol–water partition coefficient (Wildman–Crippen LogP) is 1.86. The molecule has 82 valence electrons. The smallest absolute Gasteiger partial charge is 0.0218 e. The van der Waals surface area contributed by atoms with Gasteiger partial charge in [0, 0.05) is 32.2 Å². The molecule has 2 aliphatic rings. The molecule has 1 saturated carbocycles. The van der Waals surface area contributed by atoms with E-state index < -0.39 is 0 Å². The summed E-state index contributed by atoms with van der Waals surface area (Å²) in [7, 11) is 0. The van der Waals surface area contributed by atoms with Crippen molar-refractivity contribution in [3.05, 3.63) is 0 Å². The summed E-state index contributed by atoms with van der Waals surface area (Å²) in [5, 5.41) is 3.50. The maximum atomic E-state index is 3.50. The summed E-state index contributed by atoms with van der Waals surface area (Å²) in [6, 6.07) is 0.810. The van der Waals surface area contributed by atoms with Crippen LogP contribution in [-0.4, -0.2) is 37.1 Å². The highest BCUT2D eigenvalue weighted by atomic mass is 15.2. The van der Waals surface area contributed by atoms with E-state index in [-0.39, 0.29) is 0 Å². The second-order valence-corrected chi connectivity index (χ2v) is 4.91. The molecule has 1 atom stereocenters. The third kappa shape index (κ3) is 2.48. The number of nitrogens with one attached hydrogen (secondary N) is 1. The Hall–Kier alpha value is -0.0800. The van der Waals surface area contributed by atoms with Gasteiger partial charge in [-0.25, -0.2) is 0 Å². The molecule has 0 aromatic rings. The van der Waals surface area contributed by atoms with Crippen LogP contribution in [0.25, 0.3) is 0 Å². The van der Waals surface area contributed by atoms with E-state index in [1.54, 1.807) is 0 Å². The summed E-state index contributed by atoms with van der Waals surface area (Å²) in [6.45, 7) is 7.38. The standard InChI is InChI=1S/C12H24N2/c1-2-12-9-13-7-8-14(12)10-11-5-3-4-6-11/h11-13H,2-10H2,1H3. The zero-order valence-electron chi connectivity index (χ0n) is 9.47. The van der Waals surface area contributed by atoms with E-state index in [4.69, 9.17) is 0 Å². The summed E-state index contributed by atoms with van der Waals surface area (Å²) >= 11 is 0. The molecule has 0 amide bonds. The first-order chi connectivity index (χ1) is 6.90. The highest BCUT2D eigenvalue weighted by Gasteiger charge is 2.24. The second kappa shape index (κ2) is 5.13. The van der Waals surface area contributed by atoms with Crippen molar-refractivity contribution in [3.63, 3.8) is 0 Å². The summed E-state index contributed by atoms with van der Waals surface area (Å²) in [6.07, 6.45) is 7.24. The molecule has 0 spiro atoms. The van der Waals surface area contributed by atoms with E-state index in [2.05, 4.69) is 17.1 Å². The molecule has 2 nitrogen and oxygen atoms in total. The summed E-state index contributed by atoms with van der Waals surface area (Å²) in [5.74, 6) is 1.02. The van der Waals surface area contributed by atoms with Gasteiger partial charge >= 0.3 is 0 Å². The van der Waals surface area contributed by atoms with Gasteiger partial charge in [0.25, 0.3) is 0 Å². The van der Waals surface area contributed by atoms with E-state index in [1.807, 2.05) is 0 Å². The fourth-order valence-corrected chi connectivity index (χ4v) is 2.97. The van der Waals surface area contributed by atoms with Gasteiger partial charge in [-0.3, -0.25) is 4.90 Å². The molecule has 0 aromatic heterocycles. The van der Waals surface area contributed by atoms with Crippen molar-refractivity contribution in [2.75, 3.05) is 26.2 Å². The van der Waals surface area contributed by atoms with Gasteiger partial charge < -0.3 is 5.32 Å². The van der Waals surface area contributed by atoms with E-state index in [0.717, 1.165) is 12.0 Å². The fraction of sp³-hybridized carbons (Fsp3) is 1.00. The van der Waals surface area contributed by atoms with Crippen molar-refractivity contribution in [1.29, 1.82) is 0 Å². The SMILES string of the molecule is CCC1CNCCN1CC1CCCC1. The van der Waals surface area contributed by atoms with Crippen LogP contribution < -0.4 is 5.32 Å². The van der Waals surface area contributed by atoms with Crippen LogP contribution in [0, 0.1) is 5.92 Å². The first-order valence-electron chi connectivity index (χ1n) is 6.35. The van der Waals surface area contributed by atoms with Gasteiger partial charge in [-0.05, 0) is 25.2 Å². The number of piperazine rings is 1. The molecular formula is C12H24N2. The van der Waals surface area contributed by atoms with Crippen LogP contribution in [0.3, 0.4) is 0 Å². The van der Waals surface area contributed by atoms with Crippen LogP contribution in [0.1, 0.15) is 39.0 Å². The molecule has 2 fully saturated rings. The third-order valence-electron chi connectivity index (χ3n) is 3.91. The Bertz CT molecular complexity index is 164. The quantitative estimate of drug-likeness (QED) is 0.741. The molecule has 1 aliphatic heterocycles. The minimum Gasteiger partial charge on any atom is -0.314 e. The van der Waals surface area contributed by atoms with E-state index in [1.165, 1.54) is 58.3 Å². The Balaban J connectivity index is 1.81. The van der Waals surface area contributed by atoms with Crippen LogP contribution >= 0.6 is 0 Å². The second-order valence-electron chi connectivity index (χ2n) is 4.91. The van der Waals surface area contributed by atoms with Gasteiger partial charge in [0.1, 0.15) is 0 Å². The van der Waals surface area contributed by atoms with Crippen LogP contribution in [0.2, 0.25) is 0 Å². The molecule has 1 saturated heterocycles.